The van der Waals surface area contributed by atoms with Gasteiger partial charge < -0.3 is 5.32 Å². The normalized spacial score (nSPS) is 15.4. The third kappa shape index (κ3) is 6.07. The fourth-order valence-corrected chi connectivity index (χ4v) is 3.77. The Morgan fingerprint density at radius 2 is 1.76 bits per heavy atom. The van der Waals surface area contributed by atoms with Gasteiger partial charge in [0.05, 0.1) is 0 Å². The quantitative estimate of drug-likeness (QED) is 0.842. The number of thioether (sulfide) groups is 1. The number of benzene rings is 2. The Kier molecular flexibility index (Phi) is 6.71. The zero-order valence-electron chi connectivity index (χ0n) is 14.4. The van der Waals surface area contributed by atoms with E-state index in [4.69, 9.17) is 0 Å². The molecule has 3 nitrogen and oxygen atoms in total. The largest absolute Gasteiger partial charge is 0.326 e. The Morgan fingerprint density at radius 1 is 1.04 bits per heavy atom. The lowest BCUT2D eigenvalue weighted by Gasteiger charge is -2.26. The number of carbonyl (C=O) groups is 1. The van der Waals surface area contributed by atoms with Crippen LogP contribution < -0.4 is 5.32 Å². The molecule has 0 bridgehead atoms. The van der Waals surface area contributed by atoms with E-state index >= 15 is 0 Å². The second kappa shape index (κ2) is 9.44. The molecular formula is C21H24N2OS. The van der Waals surface area contributed by atoms with Gasteiger partial charge in [-0.05, 0) is 23.3 Å². The maximum Gasteiger partial charge on any atom is 0.228 e. The van der Waals surface area contributed by atoms with Crippen molar-refractivity contribution in [3.05, 3.63) is 71.8 Å². The van der Waals surface area contributed by atoms with E-state index < -0.39 is 0 Å². The van der Waals surface area contributed by atoms with Crippen LogP contribution in [0.15, 0.2) is 60.7 Å². The molecule has 0 aliphatic carbocycles. The van der Waals surface area contributed by atoms with Crippen molar-refractivity contribution in [3.8, 4) is 0 Å². The van der Waals surface area contributed by atoms with Crippen molar-refractivity contribution in [1.29, 1.82) is 0 Å². The van der Waals surface area contributed by atoms with Gasteiger partial charge in [-0.3, -0.25) is 9.69 Å². The Hall–Kier alpha value is -2.04. The van der Waals surface area contributed by atoms with Crippen molar-refractivity contribution in [3.63, 3.8) is 0 Å². The summed E-state index contributed by atoms with van der Waals surface area (Å²) >= 11 is 2.03. The van der Waals surface area contributed by atoms with Crippen LogP contribution in [0, 0.1) is 0 Å². The number of hydrogen-bond donors (Lipinski definition) is 1. The third-order valence-electron chi connectivity index (χ3n) is 4.16. The van der Waals surface area contributed by atoms with Crippen LogP contribution in [-0.2, 0) is 11.3 Å². The maximum atomic E-state index is 12.0. The molecule has 0 aromatic heterocycles. The van der Waals surface area contributed by atoms with E-state index in [0.29, 0.717) is 6.42 Å². The highest BCUT2D eigenvalue weighted by molar-refractivity contribution is 7.99. The van der Waals surface area contributed by atoms with Gasteiger partial charge in [-0.25, -0.2) is 0 Å². The number of amides is 1. The Balaban J connectivity index is 1.45. The molecule has 2 aromatic carbocycles. The first kappa shape index (κ1) is 17.8. The van der Waals surface area contributed by atoms with Gasteiger partial charge in [-0.1, -0.05) is 54.6 Å². The summed E-state index contributed by atoms with van der Waals surface area (Å²) in [4.78, 5) is 14.5. The first-order chi connectivity index (χ1) is 12.3. The molecule has 1 amide bonds. The van der Waals surface area contributed by atoms with E-state index in [1.807, 2.05) is 66.4 Å². The summed E-state index contributed by atoms with van der Waals surface area (Å²) in [6, 6.07) is 18.2. The van der Waals surface area contributed by atoms with Crippen LogP contribution in [0.4, 0.5) is 5.69 Å². The van der Waals surface area contributed by atoms with E-state index in [-0.39, 0.29) is 5.91 Å². The smallest absolute Gasteiger partial charge is 0.228 e. The second-order valence-corrected chi connectivity index (χ2v) is 7.38. The van der Waals surface area contributed by atoms with E-state index in [2.05, 4.69) is 22.3 Å². The summed E-state index contributed by atoms with van der Waals surface area (Å²) in [6.07, 6.45) is 4.25. The molecule has 1 heterocycles. The predicted molar refractivity (Wildman–Crippen MR) is 108 cm³/mol. The topological polar surface area (TPSA) is 32.3 Å². The number of carbonyl (C=O) groups excluding carboxylic acids is 1. The molecule has 0 spiro atoms. The summed E-state index contributed by atoms with van der Waals surface area (Å²) in [7, 11) is 0. The van der Waals surface area contributed by atoms with Crippen molar-refractivity contribution in [2.75, 3.05) is 29.9 Å². The number of nitrogens with zero attached hydrogens (tertiary/aromatic N) is 1. The molecule has 0 atom stereocenters. The van der Waals surface area contributed by atoms with Crippen LogP contribution in [0.2, 0.25) is 0 Å². The fraction of sp³-hybridized carbons (Fsp3) is 0.286. The van der Waals surface area contributed by atoms with Gasteiger partial charge in [0, 0.05) is 43.2 Å². The Morgan fingerprint density at radius 3 is 2.48 bits per heavy atom. The van der Waals surface area contributed by atoms with Gasteiger partial charge in [0.25, 0.3) is 0 Å². The standard InChI is InChI=1S/C21H24N2OS/c24-21(8-4-7-18-5-2-1-3-6-18)22-20-11-9-19(10-12-20)17-23-13-15-25-16-14-23/h1-7,9-12H,8,13-17H2,(H,22,24)/b7-4+. The first-order valence-electron chi connectivity index (χ1n) is 8.70. The van der Waals surface area contributed by atoms with Crippen molar-refractivity contribution in [1.82, 2.24) is 4.90 Å². The molecule has 1 fully saturated rings. The van der Waals surface area contributed by atoms with Crippen molar-refractivity contribution >= 4 is 29.4 Å². The fourth-order valence-electron chi connectivity index (χ4n) is 2.79. The summed E-state index contributed by atoms with van der Waals surface area (Å²) in [6.45, 7) is 3.32. The van der Waals surface area contributed by atoms with E-state index in [0.717, 1.165) is 30.9 Å². The lowest BCUT2D eigenvalue weighted by Crippen LogP contribution is -2.31. The van der Waals surface area contributed by atoms with Crippen LogP contribution >= 0.6 is 11.8 Å². The minimum absolute atomic E-state index is 0.00739. The second-order valence-electron chi connectivity index (χ2n) is 6.15. The number of nitrogens with one attached hydrogen (secondary N) is 1. The number of rotatable bonds is 6. The van der Waals surface area contributed by atoms with E-state index in [9.17, 15) is 4.79 Å². The van der Waals surface area contributed by atoms with Crippen molar-refractivity contribution < 1.29 is 4.79 Å². The highest BCUT2D eigenvalue weighted by atomic mass is 32.2. The van der Waals surface area contributed by atoms with Crippen LogP contribution in [0.3, 0.4) is 0 Å². The molecule has 0 radical (unpaired) electrons. The minimum atomic E-state index is 0.00739. The molecule has 1 saturated heterocycles. The van der Waals surface area contributed by atoms with Gasteiger partial charge in [-0.2, -0.15) is 11.8 Å². The van der Waals surface area contributed by atoms with Gasteiger partial charge in [0.15, 0.2) is 0 Å². The Labute approximate surface area is 154 Å². The molecule has 2 aromatic rings. The molecular weight excluding hydrogens is 328 g/mol. The summed E-state index contributed by atoms with van der Waals surface area (Å²) in [5.41, 5.74) is 3.26. The van der Waals surface area contributed by atoms with E-state index in [1.165, 1.54) is 17.1 Å². The van der Waals surface area contributed by atoms with Crippen LogP contribution in [-0.4, -0.2) is 35.4 Å². The average Bonchev–Trinajstić information content (AvgIpc) is 2.65. The lowest BCUT2D eigenvalue weighted by molar-refractivity contribution is -0.115. The molecule has 3 rings (SSSR count). The predicted octanol–water partition coefficient (Wildman–Crippen LogP) is 4.28. The highest BCUT2D eigenvalue weighted by Crippen LogP contribution is 2.15. The van der Waals surface area contributed by atoms with Gasteiger partial charge in [-0.15, -0.1) is 0 Å². The van der Waals surface area contributed by atoms with Crippen molar-refractivity contribution in [2.24, 2.45) is 0 Å². The zero-order chi connectivity index (χ0) is 17.3. The monoisotopic (exact) mass is 352 g/mol. The molecule has 25 heavy (non-hydrogen) atoms. The maximum absolute atomic E-state index is 12.0. The number of anilines is 1. The number of hydrogen-bond acceptors (Lipinski definition) is 3. The molecule has 4 heteroatoms. The lowest BCUT2D eigenvalue weighted by atomic mass is 10.2. The van der Waals surface area contributed by atoms with Crippen molar-refractivity contribution in [2.45, 2.75) is 13.0 Å². The summed E-state index contributed by atoms with van der Waals surface area (Å²) in [5, 5.41) is 2.95. The summed E-state index contributed by atoms with van der Waals surface area (Å²) < 4.78 is 0. The minimum Gasteiger partial charge on any atom is -0.326 e. The van der Waals surface area contributed by atoms with Crippen LogP contribution in [0.25, 0.3) is 6.08 Å². The molecule has 1 aliphatic rings. The highest BCUT2D eigenvalue weighted by Gasteiger charge is 2.10. The van der Waals surface area contributed by atoms with Gasteiger partial charge >= 0.3 is 0 Å². The molecule has 130 valence electrons. The third-order valence-corrected chi connectivity index (χ3v) is 5.10. The van der Waals surface area contributed by atoms with Gasteiger partial charge in [0.2, 0.25) is 5.91 Å². The molecule has 0 unspecified atom stereocenters. The molecule has 1 aliphatic heterocycles. The van der Waals surface area contributed by atoms with Crippen LogP contribution in [0.1, 0.15) is 17.5 Å². The molecule has 0 saturated carbocycles. The summed E-state index contributed by atoms with van der Waals surface area (Å²) in [5.74, 6) is 2.46. The average molecular weight is 353 g/mol. The molecule has 1 N–H and O–H groups in total. The van der Waals surface area contributed by atoms with Gasteiger partial charge in [0.1, 0.15) is 0 Å². The SMILES string of the molecule is O=C(C/C=C/c1ccccc1)Nc1ccc(CN2CCSCC2)cc1. The van der Waals surface area contributed by atoms with Crippen LogP contribution in [0.5, 0.6) is 0 Å². The zero-order valence-corrected chi connectivity index (χ0v) is 15.2. The van der Waals surface area contributed by atoms with E-state index in [1.54, 1.807) is 0 Å². The Bertz CT molecular complexity index is 692. The first-order valence-corrected chi connectivity index (χ1v) is 9.85.